The second-order valence-electron chi connectivity index (χ2n) is 4.86. The topological polar surface area (TPSA) is 55.1 Å². The van der Waals surface area contributed by atoms with Crippen molar-refractivity contribution in [1.82, 2.24) is 9.78 Å². The summed E-state index contributed by atoms with van der Waals surface area (Å²) in [6.45, 7) is 0. The van der Waals surface area contributed by atoms with Crippen LogP contribution in [0, 0.1) is 0 Å². The van der Waals surface area contributed by atoms with E-state index < -0.39 is 5.97 Å². The molecule has 0 aliphatic carbocycles. The van der Waals surface area contributed by atoms with Crippen molar-refractivity contribution in [2.45, 2.75) is 6.42 Å². The summed E-state index contributed by atoms with van der Waals surface area (Å²) in [5.41, 5.74) is 3.05. The first-order valence-electron chi connectivity index (χ1n) is 6.75. The molecule has 23 heavy (non-hydrogen) atoms. The van der Waals surface area contributed by atoms with Crippen LogP contribution in [-0.2, 0) is 11.2 Å². The van der Waals surface area contributed by atoms with Gasteiger partial charge in [-0.15, -0.1) is 0 Å². The molecule has 0 bridgehead atoms. The van der Waals surface area contributed by atoms with Gasteiger partial charge < -0.3 is 5.11 Å². The number of aromatic nitrogens is 2. The molecule has 1 aromatic heterocycles. The maximum atomic E-state index is 11.1. The molecule has 6 heteroatoms. The van der Waals surface area contributed by atoms with Gasteiger partial charge in [-0.2, -0.15) is 5.10 Å². The molecule has 0 saturated carbocycles. The van der Waals surface area contributed by atoms with E-state index in [2.05, 4.69) is 5.10 Å². The molecular weight excluding hydrogens is 340 g/mol. The van der Waals surface area contributed by atoms with Crippen LogP contribution in [0.3, 0.4) is 0 Å². The summed E-state index contributed by atoms with van der Waals surface area (Å²) in [7, 11) is 0. The van der Waals surface area contributed by atoms with Gasteiger partial charge in [0.25, 0.3) is 0 Å². The Morgan fingerprint density at radius 1 is 1.09 bits per heavy atom. The third kappa shape index (κ3) is 4.36. The van der Waals surface area contributed by atoms with Gasteiger partial charge in [0.05, 0.1) is 17.8 Å². The Morgan fingerprint density at radius 2 is 1.74 bits per heavy atom. The Morgan fingerprint density at radius 3 is 2.35 bits per heavy atom. The molecule has 3 aromatic rings. The summed E-state index contributed by atoms with van der Waals surface area (Å²) >= 11 is 5.90. The van der Waals surface area contributed by atoms with E-state index in [9.17, 15) is 4.79 Å². The second kappa shape index (κ2) is 7.97. The summed E-state index contributed by atoms with van der Waals surface area (Å²) in [5.74, 6) is -0.886. The zero-order valence-electron chi connectivity index (χ0n) is 12.3. The first-order valence-corrected chi connectivity index (χ1v) is 7.13. The molecule has 0 spiro atoms. The predicted molar refractivity (Wildman–Crippen MR) is 91.1 cm³/mol. The van der Waals surface area contributed by atoms with Crippen LogP contribution in [0.25, 0.3) is 16.9 Å². The van der Waals surface area contributed by atoms with Crippen molar-refractivity contribution in [3.05, 3.63) is 71.4 Å². The monoisotopic (exact) mass is 352 g/mol. The normalized spacial score (nSPS) is 10.1. The molecule has 2 radical (unpaired) electrons. The number of hydrogen-bond donors (Lipinski definition) is 1. The quantitative estimate of drug-likeness (QED) is 0.732. The minimum atomic E-state index is -0.886. The van der Waals surface area contributed by atoms with E-state index in [4.69, 9.17) is 16.7 Å². The summed E-state index contributed by atoms with van der Waals surface area (Å²) in [5, 5.41) is 14.3. The number of carbonyl (C=O) groups is 1. The van der Waals surface area contributed by atoms with Gasteiger partial charge in [0.15, 0.2) is 0 Å². The fraction of sp³-hybridized carbons (Fsp3) is 0.0588. The fourth-order valence-electron chi connectivity index (χ4n) is 2.27. The van der Waals surface area contributed by atoms with Crippen LogP contribution in [0.4, 0.5) is 0 Å². The molecule has 3 rings (SSSR count). The molecule has 0 saturated heterocycles. The third-order valence-corrected chi connectivity index (χ3v) is 3.52. The van der Waals surface area contributed by atoms with Gasteiger partial charge in [0.1, 0.15) is 0 Å². The Kier molecular flexibility index (Phi) is 6.25. The summed E-state index contributed by atoms with van der Waals surface area (Å²) < 4.78 is 1.70. The zero-order chi connectivity index (χ0) is 15.5. The first-order chi connectivity index (χ1) is 10.6. The van der Waals surface area contributed by atoms with Crippen LogP contribution < -0.4 is 0 Å². The van der Waals surface area contributed by atoms with E-state index in [0.717, 1.165) is 11.3 Å². The number of carboxylic acid groups (broad SMARTS) is 1. The Hall–Kier alpha value is -1.33. The van der Waals surface area contributed by atoms with Crippen molar-refractivity contribution in [3.63, 3.8) is 0 Å². The van der Waals surface area contributed by atoms with Crippen molar-refractivity contribution >= 4 is 55.3 Å². The van der Waals surface area contributed by atoms with E-state index in [1.165, 1.54) is 0 Å². The number of rotatable bonds is 4. The largest absolute Gasteiger partial charge is 0.481 e. The van der Waals surface area contributed by atoms with Crippen LogP contribution in [0.15, 0.2) is 60.8 Å². The molecule has 0 unspecified atom stereocenters. The molecule has 1 heterocycles. The van der Waals surface area contributed by atoms with Crippen LogP contribution in [-0.4, -0.2) is 58.6 Å². The standard InChI is InChI=1S/C17H13ClN2O2.Ca/c18-14-8-6-12(7-9-14)17-13(10-16(21)22)11-20(19-17)15-4-2-1-3-5-15;/h1-9,11H,10H2,(H,21,22);. The number of halogens is 1. The molecular formula is C17H13CaClN2O2. The molecule has 0 amide bonds. The van der Waals surface area contributed by atoms with E-state index in [1.54, 1.807) is 23.0 Å². The average Bonchev–Trinajstić information content (AvgIpc) is 2.92. The molecule has 0 fully saturated rings. The van der Waals surface area contributed by atoms with Crippen molar-refractivity contribution < 1.29 is 9.90 Å². The van der Waals surface area contributed by atoms with Crippen molar-refractivity contribution in [2.75, 3.05) is 0 Å². The molecule has 4 nitrogen and oxygen atoms in total. The molecule has 2 aromatic carbocycles. The van der Waals surface area contributed by atoms with E-state index >= 15 is 0 Å². The van der Waals surface area contributed by atoms with Gasteiger partial charge in [0, 0.05) is 60.1 Å². The van der Waals surface area contributed by atoms with Gasteiger partial charge in [-0.1, -0.05) is 41.9 Å². The van der Waals surface area contributed by atoms with Crippen LogP contribution in [0.5, 0.6) is 0 Å². The Balaban J connectivity index is 0.00000192. The number of carboxylic acids is 1. The van der Waals surface area contributed by atoms with Gasteiger partial charge in [-0.05, 0) is 24.3 Å². The maximum absolute atomic E-state index is 11.1. The second-order valence-corrected chi connectivity index (χ2v) is 5.30. The predicted octanol–water partition coefficient (Wildman–Crippen LogP) is 3.44. The smallest absolute Gasteiger partial charge is 0.307 e. The number of para-hydroxylation sites is 1. The van der Waals surface area contributed by atoms with Gasteiger partial charge >= 0.3 is 5.97 Å². The van der Waals surface area contributed by atoms with E-state index in [1.807, 2.05) is 42.5 Å². The van der Waals surface area contributed by atoms with Crippen LogP contribution >= 0.6 is 11.6 Å². The Labute approximate surface area is 168 Å². The fourth-order valence-corrected chi connectivity index (χ4v) is 2.39. The SMILES string of the molecule is O=C(O)Cc1cn(-c2ccccc2)nc1-c1ccc(Cl)cc1.[Ca]. The van der Waals surface area contributed by atoms with Crippen molar-refractivity contribution in [3.8, 4) is 16.9 Å². The molecule has 1 N–H and O–H groups in total. The van der Waals surface area contributed by atoms with E-state index in [0.29, 0.717) is 16.3 Å². The molecule has 0 aliphatic heterocycles. The van der Waals surface area contributed by atoms with Crippen LogP contribution in [0.1, 0.15) is 5.56 Å². The zero-order valence-corrected chi connectivity index (χ0v) is 15.3. The minimum absolute atomic E-state index is 0. The summed E-state index contributed by atoms with van der Waals surface area (Å²) in [6.07, 6.45) is 1.68. The van der Waals surface area contributed by atoms with Crippen molar-refractivity contribution in [1.29, 1.82) is 0 Å². The summed E-state index contributed by atoms with van der Waals surface area (Å²) in [6, 6.07) is 16.8. The molecule has 112 valence electrons. The van der Waals surface area contributed by atoms with Crippen LogP contribution in [0.2, 0.25) is 5.02 Å². The maximum Gasteiger partial charge on any atom is 0.307 e. The molecule has 0 aliphatic rings. The van der Waals surface area contributed by atoms with Gasteiger partial charge in [-0.3, -0.25) is 4.79 Å². The Bertz CT molecular complexity index is 801. The number of hydrogen-bond acceptors (Lipinski definition) is 2. The summed E-state index contributed by atoms with van der Waals surface area (Å²) in [4.78, 5) is 11.1. The minimum Gasteiger partial charge on any atom is -0.481 e. The van der Waals surface area contributed by atoms with Gasteiger partial charge in [-0.25, -0.2) is 4.68 Å². The first kappa shape index (κ1) is 18.0. The third-order valence-electron chi connectivity index (χ3n) is 3.27. The van der Waals surface area contributed by atoms with Gasteiger partial charge in [0.2, 0.25) is 0 Å². The number of nitrogens with zero attached hydrogens (tertiary/aromatic N) is 2. The number of aliphatic carboxylic acids is 1. The number of benzene rings is 2. The van der Waals surface area contributed by atoms with Crippen molar-refractivity contribution in [2.24, 2.45) is 0 Å². The molecule has 0 atom stereocenters. The van der Waals surface area contributed by atoms with E-state index in [-0.39, 0.29) is 44.2 Å². The average molecular weight is 353 g/mol.